The number of aryl methyl sites for hydroxylation is 1. The highest BCUT2D eigenvalue weighted by atomic mass is 16.3. The van der Waals surface area contributed by atoms with Crippen LogP contribution in [-0.4, -0.2) is 34.8 Å². The molecule has 1 aromatic heterocycles. The van der Waals surface area contributed by atoms with Gasteiger partial charge in [0.2, 0.25) is 5.95 Å². The Bertz CT molecular complexity index is 379. The molecule has 5 heteroatoms. The number of rotatable bonds is 7. The van der Waals surface area contributed by atoms with Crippen molar-refractivity contribution in [3.63, 3.8) is 0 Å². The zero-order valence-corrected chi connectivity index (χ0v) is 11.7. The Morgan fingerprint density at radius 3 is 2.67 bits per heavy atom. The number of nitrogens with zero attached hydrogens (tertiary/aromatic N) is 2. The molecule has 0 unspecified atom stereocenters. The average molecular weight is 252 g/mol. The summed E-state index contributed by atoms with van der Waals surface area (Å²) in [6.45, 7) is 10.0. The van der Waals surface area contributed by atoms with Gasteiger partial charge in [0.25, 0.3) is 0 Å². The smallest absolute Gasteiger partial charge is 0.224 e. The summed E-state index contributed by atoms with van der Waals surface area (Å²) in [5.41, 5.74) is 1.07. The summed E-state index contributed by atoms with van der Waals surface area (Å²) in [6, 6.07) is 0. The second kappa shape index (κ2) is 6.54. The predicted molar refractivity (Wildman–Crippen MR) is 74.9 cm³/mol. The second-order valence-electron chi connectivity index (χ2n) is 5.25. The fourth-order valence-corrected chi connectivity index (χ4v) is 1.58. The van der Waals surface area contributed by atoms with Crippen molar-refractivity contribution in [3.8, 4) is 0 Å². The van der Waals surface area contributed by atoms with Crippen LogP contribution >= 0.6 is 0 Å². The monoisotopic (exact) mass is 252 g/mol. The van der Waals surface area contributed by atoms with Crippen LogP contribution in [0.5, 0.6) is 0 Å². The molecule has 0 aliphatic carbocycles. The molecule has 0 amide bonds. The highest BCUT2D eigenvalue weighted by Crippen LogP contribution is 2.21. The van der Waals surface area contributed by atoms with Crippen molar-refractivity contribution in [3.05, 3.63) is 11.8 Å². The molecule has 1 aromatic rings. The van der Waals surface area contributed by atoms with Crippen LogP contribution in [-0.2, 0) is 0 Å². The van der Waals surface area contributed by atoms with Gasteiger partial charge in [-0.2, -0.15) is 4.98 Å². The lowest BCUT2D eigenvalue weighted by molar-refractivity contribution is 0.220. The maximum absolute atomic E-state index is 9.00. The predicted octanol–water partition coefficient (Wildman–Crippen LogP) is 2.04. The number of hydrogen-bond acceptors (Lipinski definition) is 5. The molecule has 0 saturated heterocycles. The van der Waals surface area contributed by atoms with E-state index in [4.69, 9.17) is 5.11 Å². The molecule has 0 aliphatic heterocycles. The van der Waals surface area contributed by atoms with Gasteiger partial charge in [-0.15, -0.1) is 0 Å². The largest absolute Gasteiger partial charge is 0.396 e. The molecule has 18 heavy (non-hydrogen) atoms. The SMILES string of the molecule is CCNc1ncc(C)c(NCC(C)(C)CCO)n1. The minimum atomic E-state index is 0.0461. The van der Waals surface area contributed by atoms with Gasteiger partial charge in [-0.25, -0.2) is 4.98 Å². The van der Waals surface area contributed by atoms with Gasteiger partial charge < -0.3 is 15.7 Å². The molecule has 1 heterocycles. The Hall–Kier alpha value is -1.36. The van der Waals surface area contributed by atoms with E-state index < -0.39 is 0 Å². The van der Waals surface area contributed by atoms with Gasteiger partial charge in [0.05, 0.1) is 0 Å². The van der Waals surface area contributed by atoms with Crippen LogP contribution in [0.25, 0.3) is 0 Å². The van der Waals surface area contributed by atoms with Crippen molar-refractivity contribution in [2.45, 2.75) is 34.1 Å². The Morgan fingerprint density at radius 2 is 2.06 bits per heavy atom. The van der Waals surface area contributed by atoms with E-state index in [1.165, 1.54) is 0 Å². The summed E-state index contributed by atoms with van der Waals surface area (Å²) >= 11 is 0. The van der Waals surface area contributed by atoms with Gasteiger partial charge >= 0.3 is 0 Å². The van der Waals surface area contributed by atoms with Crippen LogP contribution in [0.3, 0.4) is 0 Å². The summed E-state index contributed by atoms with van der Waals surface area (Å²) in [4.78, 5) is 8.64. The minimum Gasteiger partial charge on any atom is -0.396 e. The molecule has 0 radical (unpaired) electrons. The zero-order valence-electron chi connectivity index (χ0n) is 11.7. The first-order chi connectivity index (χ1) is 8.48. The van der Waals surface area contributed by atoms with E-state index in [9.17, 15) is 0 Å². The standard InChI is InChI=1S/C13H24N4O/c1-5-14-12-15-8-10(2)11(17-12)16-9-13(3,4)6-7-18/h8,18H,5-7,9H2,1-4H3,(H2,14,15,16,17). The van der Waals surface area contributed by atoms with Gasteiger partial charge in [0.1, 0.15) is 5.82 Å². The third-order valence-corrected chi connectivity index (χ3v) is 2.83. The number of nitrogens with one attached hydrogen (secondary N) is 2. The van der Waals surface area contributed by atoms with Crippen molar-refractivity contribution in [1.29, 1.82) is 0 Å². The molecular formula is C13H24N4O. The molecule has 0 saturated carbocycles. The average Bonchev–Trinajstić information content (AvgIpc) is 2.30. The maximum Gasteiger partial charge on any atom is 0.224 e. The van der Waals surface area contributed by atoms with Crippen molar-refractivity contribution < 1.29 is 5.11 Å². The summed E-state index contributed by atoms with van der Waals surface area (Å²) in [6.07, 6.45) is 2.58. The van der Waals surface area contributed by atoms with Gasteiger partial charge in [-0.05, 0) is 25.7 Å². The molecule has 0 fully saturated rings. The summed E-state index contributed by atoms with van der Waals surface area (Å²) < 4.78 is 0. The molecule has 0 atom stereocenters. The first kappa shape index (κ1) is 14.7. The Balaban J connectivity index is 2.68. The van der Waals surface area contributed by atoms with E-state index in [1.807, 2.05) is 20.0 Å². The molecule has 0 aliphatic rings. The molecule has 102 valence electrons. The van der Waals surface area contributed by atoms with Crippen molar-refractivity contribution >= 4 is 11.8 Å². The van der Waals surface area contributed by atoms with E-state index in [0.29, 0.717) is 5.95 Å². The van der Waals surface area contributed by atoms with E-state index in [1.54, 1.807) is 0 Å². The van der Waals surface area contributed by atoms with Gasteiger partial charge in [0, 0.05) is 31.5 Å². The number of aliphatic hydroxyl groups is 1. The molecule has 0 spiro atoms. The van der Waals surface area contributed by atoms with Crippen LogP contribution in [0, 0.1) is 12.3 Å². The van der Waals surface area contributed by atoms with Crippen molar-refractivity contribution in [2.75, 3.05) is 30.3 Å². The van der Waals surface area contributed by atoms with Crippen LogP contribution < -0.4 is 10.6 Å². The van der Waals surface area contributed by atoms with Crippen LogP contribution in [0.15, 0.2) is 6.20 Å². The quantitative estimate of drug-likeness (QED) is 0.692. The van der Waals surface area contributed by atoms with Crippen LogP contribution in [0.1, 0.15) is 32.8 Å². The Morgan fingerprint density at radius 1 is 1.33 bits per heavy atom. The Labute approximate surface area is 109 Å². The first-order valence-corrected chi connectivity index (χ1v) is 6.41. The minimum absolute atomic E-state index is 0.0461. The molecular weight excluding hydrogens is 228 g/mol. The number of aliphatic hydroxyl groups excluding tert-OH is 1. The van der Waals surface area contributed by atoms with E-state index in [0.717, 1.165) is 30.9 Å². The molecule has 3 N–H and O–H groups in total. The lowest BCUT2D eigenvalue weighted by Crippen LogP contribution is -2.25. The highest BCUT2D eigenvalue weighted by molar-refractivity contribution is 5.46. The third-order valence-electron chi connectivity index (χ3n) is 2.83. The van der Waals surface area contributed by atoms with E-state index in [2.05, 4.69) is 34.4 Å². The number of aromatic nitrogens is 2. The first-order valence-electron chi connectivity index (χ1n) is 6.41. The lowest BCUT2D eigenvalue weighted by Gasteiger charge is -2.24. The van der Waals surface area contributed by atoms with Gasteiger partial charge in [0.15, 0.2) is 0 Å². The normalized spacial score (nSPS) is 11.4. The molecule has 1 rings (SSSR count). The lowest BCUT2D eigenvalue weighted by atomic mass is 9.90. The van der Waals surface area contributed by atoms with Gasteiger partial charge in [-0.3, -0.25) is 0 Å². The second-order valence-corrected chi connectivity index (χ2v) is 5.25. The van der Waals surface area contributed by atoms with E-state index >= 15 is 0 Å². The third kappa shape index (κ3) is 4.49. The number of anilines is 2. The maximum atomic E-state index is 9.00. The molecule has 0 aromatic carbocycles. The van der Waals surface area contributed by atoms with Crippen molar-refractivity contribution in [2.24, 2.45) is 5.41 Å². The summed E-state index contributed by atoms with van der Waals surface area (Å²) in [5.74, 6) is 1.50. The fraction of sp³-hybridized carbons (Fsp3) is 0.692. The molecule has 5 nitrogen and oxygen atoms in total. The number of hydrogen-bond donors (Lipinski definition) is 3. The zero-order chi connectivity index (χ0) is 13.6. The highest BCUT2D eigenvalue weighted by Gasteiger charge is 2.17. The molecule has 0 bridgehead atoms. The van der Waals surface area contributed by atoms with Gasteiger partial charge in [-0.1, -0.05) is 13.8 Å². The Kier molecular flexibility index (Phi) is 5.34. The van der Waals surface area contributed by atoms with Crippen LogP contribution in [0.4, 0.5) is 11.8 Å². The van der Waals surface area contributed by atoms with E-state index in [-0.39, 0.29) is 12.0 Å². The fourth-order valence-electron chi connectivity index (χ4n) is 1.58. The summed E-state index contributed by atoms with van der Waals surface area (Å²) in [7, 11) is 0. The van der Waals surface area contributed by atoms with Crippen LogP contribution in [0.2, 0.25) is 0 Å². The van der Waals surface area contributed by atoms with Crippen molar-refractivity contribution in [1.82, 2.24) is 9.97 Å². The summed E-state index contributed by atoms with van der Waals surface area (Å²) in [5, 5.41) is 15.4. The topological polar surface area (TPSA) is 70.1 Å².